The van der Waals surface area contributed by atoms with E-state index in [1.54, 1.807) is 43.5 Å². The second kappa shape index (κ2) is 31.4. The fourth-order valence-electron chi connectivity index (χ4n) is 7.47. The number of aliphatic carboxylic acids is 1. The molecule has 3 unspecified atom stereocenters. The van der Waals surface area contributed by atoms with Crippen LogP contribution in [-0.4, -0.2) is 120 Å². The molecule has 0 aliphatic carbocycles. The molecule has 16 nitrogen and oxygen atoms in total. The maximum atomic E-state index is 13.7. The Labute approximate surface area is 385 Å². The van der Waals surface area contributed by atoms with Gasteiger partial charge in [-0.1, -0.05) is 71.9 Å². The molecule has 1 aliphatic heterocycles. The highest BCUT2D eigenvalue weighted by Gasteiger charge is 2.34. The number of likely N-dealkylation sites (tertiary alicyclic amines) is 1. The molecule has 4 amide bonds. The number of esters is 1. The molecular formula is C47H79N7O9S. The van der Waals surface area contributed by atoms with Gasteiger partial charge < -0.3 is 46.4 Å². The normalized spacial score (nSPS) is 14.1. The third-order valence-electron chi connectivity index (χ3n) is 11.1. The lowest BCUT2D eigenvalue weighted by atomic mass is 9.84. The average molecular weight is 918 g/mol. The van der Waals surface area contributed by atoms with E-state index in [-0.39, 0.29) is 68.4 Å². The van der Waals surface area contributed by atoms with Crippen LogP contribution in [0, 0.1) is 11.3 Å². The highest BCUT2D eigenvalue weighted by molar-refractivity contribution is 7.09. The van der Waals surface area contributed by atoms with Gasteiger partial charge in [-0.15, -0.1) is 11.3 Å². The topological polar surface area (TPSA) is 239 Å². The van der Waals surface area contributed by atoms with Crippen LogP contribution in [-0.2, 0) is 35.1 Å². The van der Waals surface area contributed by atoms with Crippen molar-refractivity contribution in [1.82, 2.24) is 20.1 Å². The van der Waals surface area contributed by atoms with Crippen molar-refractivity contribution < 1.29 is 43.7 Å². The summed E-state index contributed by atoms with van der Waals surface area (Å²) in [4.78, 5) is 83.0. The van der Waals surface area contributed by atoms with Crippen molar-refractivity contribution >= 4 is 53.1 Å². The predicted molar refractivity (Wildman–Crippen MR) is 253 cm³/mol. The number of hydrogen-bond acceptors (Lipinski definition) is 12. The van der Waals surface area contributed by atoms with Crippen LogP contribution in [0.15, 0.2) is 29.6 Å². The van der Waals surface area contributed by atoms with Gasteiger partial charge in [-0.2, -0.15) is 0 Å². The number of carboxylic acids is 1. The maximum Gasteiger partial charge on any atom is 0.309 e. The number of nitrogens with zero attached hydrogens (tertiary/aromatic N) is 4. The molecule has 0 radical (unpaired) electrons. The largest absolute Gasteiger partial charge is 0.481 e. The molecule has 1 aliphatic rings. The van der Waals surface area contributed by atoms with Gasteiger partial charge in [-0.05, 0) is 96.1 Å². The maximum absolute atomic E-state index is 13.7. The van der Waals surface area contributed by atoms with Gasteiger partial charge in [0, 0.05) is 56.0 Å². The molecule has 1 aromatic heterocycles. The number of anilines is 1. The summed E-state index contributed by atoms with van der Waals surface area (Å²) in [5, 5.41) is 24.3. The van der Waals surface area contributed by atoms with Gasteiger partial charge in [-0.25, -0.2) is 4.98 Å². The number of carbonyl (C=O) groups excluding carboxylic acids is 5. The summed E-state index contributed by atoms with van der Waals surface area (Å²) >= 11 is 1.20. The van der Waals surface area contributed by atoms with Crippen molar-refractivity contribution in [2.45, 2.75) is 150 Å². The quantitative estimate of drug-likeness (QED) is 0.0432. The second-order valence-corrected chi connectivity index (χ2v) is 18.3. The van der Waals surface area contributed by atoms with Crippen LogP contribution < -0.4 is 21.7 Å². The Bertz CT molecular complexity index is 1680. The first-order chi connectivity index (χ1) is 30.4. The molecule has 3 rings (SSSR count). The third-order valence-corrected chi connectivity index (χ3v) is 12.0. The fraction of sp³-hybridized carbons (Fsp3) is 0.681. The first kappa shape index (κ1) is 57.6. The highest BCUT2D eigenvalue weighted by atomic mass is 32.1. The zero-order chi connectivity index (χ0) is 48.2. The standard InChI is InChI=1S/C40H63N5O8S.C6H13N.CH3NO/c1-8-10-12-13-19-45(35(48)14-11-9-2)33(27(3)4)23-34(53-28(5)47)38-43-32(26-54-38)37(50)42-30(24-40(6,7)39(51)52)22-29-15-17-31(18-16-29)44(20-21-46)36(49)25-41;1-7-5-3-2-4-6-7;2-1-3/h15-18,26-27,30,33-34,46H,8-14,19-25,41H2,1-7H3,(H,42,50)(H,51,52);2-6H2,1H3;1H,(H2,2,3). The number of thiazole rings is 1. The summed E-state index contributed by atoms with van der Waals surface area (Å²) in [6, 6.07) is 6.17. The summed E-state index contributed by atoms with van der Waals surface area (Å²) < 4.78 is 5.81. The molecule has 0 bridgehead atoms. The van der Waals surface area contributed by atoms with Gasteiger partial charge in [0.15, 0.2) is 6.10 Å². The lowest BCUT2D eigenvalue weighted by Crippen LogP contribution is -2.45. The number of benzene rings is 1. The number of aromatic nitrogens is 1. The van der Waals surface area contributed by atoms with Gasteiger partial charge in [0.25, 0.3) is 5.91 Å². The number of aliphatic hydroxyl groups is 1. The minimum atomic E-state index is -1.17. The van der Waals surface area contributed by atoms with Crippen LogP contribution in [0.5, 0.6) is 0 Å². The van der Waals surface area contributed by atoms with Crippen LogP contribution in [0.4, 0.5) is 5.69 Å². The Morgan fingerprint density at radius 1 is 0.984 bits per heavy atom. The fourth-order valence-corrected chi connectivity index (χ4v) is 8.31. The van der Waals surface area contributed by atoms with Crippen molar-refractivity contribution in [2.75, 3.05) is 51.3 Å². The Morgan fingerprint density at radius 2 is 1.61 bits per heavy atom. The monoisotopic (exact) mass is 918 g/mol. The van der Waals surface area contributed by atoms with Crippen molar-refractivity contribution in [2.24, 2.45) is 22.8 Å². The summed E-state index contributed by atoms with van der Waals surface area (Å²) in [5.74, 6) is -2.20. The number of rotatable bonds is 25. The number of unbranched alkanes of at least 4 members (excludes halogenated alkanes) is 4. The van der Waals surface area contributed by atoms with Crippen LogP contribution in [0.25, 0.3) is 0 Å². The summed E-state index contributed by atoms with van der Waals surface area (Å²) in [5.41, 5.74) is 9.99. The molecule has 362 valence electrons. The van der Waals surface area contributed by atoms with Gasteiger partial charge in [0.2, 0.25) is 18.2 Å². The zero-order valence-corrected chi connectivity index (χ0v) is 40.6. The van der Waals surface area contributed by atoms with E-state index in [9.17, 15) is 34.2 Å². The Hall–Kier alpha value is -4.45. The van der Waals surface area contributed by atoms with Crippen molar-refractivity contribution in [3.63, 3.8) is 0 Å². The number of nitrogens with one attached hydrogen (secondary N) is 1. The van der Waals surface area contributed by atoms with E-state index in [0.29, 0.717) is 30.1 Å². The lowest BCUT2D eigenvalue weighted by Gasteiger charge is -2.36. The molecule has 2 heterocycles. The number of amides is 4. The SMILES string of the molecule is CCCCCCN(C(=O)CCCC)C(CC(OC(C)=O)c1nc(C(=O)NC(Cc2ccc(N(CCO)C(=O)CN)cc2)CC(C)(C)C(=O)O)cs1)C(C)C.CN1CCCCC1.NC=O. The molecule has 1 fully saturated rings. The van der Waals surface area contributed by atoms with Gasteiger partial charge >= 0.3 is 11.9 Å². The Balaban J connectivity index is 0.00000181. The van der Waals surface area contributed by atoms with Gasteiger partial charge in [0.1, 0.15) is 10.7 Å². The predicted octanol–water partition coefficient (Wildman–Crippen LogP) is 6.09. The van der Waals surface area contributed by atoms with E-state index < -0.39 is 35.4 Å². The van der Waals surface area contributed by atoms with E-state index in [1.807, 2.05) is 4.90 Å². The second-order valence-electron chi connectivity index (χ2n) is 17.4. The minimum absolute atomic E-state index is 0.0638. The number of primary amides is 1. The van der Waals surface area contributed by atoms with Crippen molar-refractivity contribution in [3.8, 4) is 0 Å². The van der Waals surface area contributed by atoms with E-state index in [0.717, 1.165) is 44.1 Å². The molecule has 17 heteroatoms. The zero-order valence-electron chi connectivity index (χ0n) is 39.8. The first-order valence-corrected chi connectivity index (χ1v) is 23.8. The van der Waals surface area contributed by atoms with Crippen LogP contribution in [0.2, 0.25) is 0 Å². The third kappa shape index (κ3) is 21.5. The highest BCUT2D eigenvalue weighted by Crippen LogP contribution is 2.32. The number of carboxylic acid groups (broad SMARTS) is 1. The van der Waals surface area contributed by atoms with Crippen LogP contribution >= 0.6 is 11.3 Å². The number of piperidine rings is 1. The summed E-state index contributed by atoms with van der Waals surface area (Å²) in [6.07, 6.45) is 10.7. The van der Waals surface area contributed by atoms with Crippen molar-refractivity contribution in [3.05, 3.63) is 45.9 Å². The average Bonchev–Trinajstić information content (AvgIpc) is 3.75. The number of ether oxygens (including phenoxy) is 1. The number of aliphatic hydroxyl groups excluding tert-OH is 1. The molecule has 0 saturated carbocycles. The van der Waals surface area contributed by atoms with E-state index in [2.05, 4.69) is 55.7 Å². The van der Waals surface area contributed by atoms with Crippen LogP contribution in [0.1, 0.15) is 153 Å². The lowest BCUT2D eigenvalue weighted by molar-refractivity contribution is -0.149. The molecular weight excluding hydrogens is 839 g/mol. The molecule has 3 atom stereocenters. The molecule has 7 N–H and O–H groups in total. The van der Waals surface area contributed by atoms with E-state index in [1.165, 1.54) is 55.5 Å². The summed E-state index contributed by atoms with van der Waals surface area (Å²) in [7, 11) is 2.19. The molecule has 64 heavy (non-hydrogen) atoms. The molecule has 0 spiro atoms. The molecule has 1 aromatic carbocycles. The number of nitrogens with two attached hydrogens (primary N) is 2. The smallest absolute Gasteiger partial charge is 0.309 e. The van der Waals surface area contributed by atoms with Crippen molar-refractivity contribution in [1.29, 1.82) is 0 Å². The Morgan fingerprint density at radius 3 is 2.11 bits per heavy atom. The van der Waals surface area contributed by atoms with E-state index in [4.69, 9.17) is 15.3 Å². The Kier molecular flexibility index (Phi) is 28.3. The van der Waals surface area contributed by atoms with Crippen LogP contribution in [0.3, 0.4) is 0 Å². The van der Waals surface area contributed by atoms with E-state index >= 15 is 0 Å². The molecule has 2 aromatic rings. The number of carbonyl (C=O) groups is 6. The van der Waals surface area contributed by atoms with Gasteiger partial charge in [-0.3, -0.25) is 28.8 Å². The first-order valence-electron chi connectivity index (χ1n) is 22.9. The molecule has 1 saturated heterocycles. The summed E-state index contributed by atoms with van der Waals surface area (Å²) in [6.45, 7) is 15.7. The van der Waals surface area contributed by atoms with Gasteiger partial charge in [0.05, 0.1) is 18.6 Å². The number of hydrogen-bond donors (Lipinski definition) is 5. The minimum Gasteiger partial charge on any atom is -0.481 e.